The number of halogens is 3. The standard InChI is InChI=1S/C20H14ClF2NO2S/c21-14-5-1-3-7-17(14)26-18-8-4-2-6-16(18)24-20(25)12-27-19-10-9-13(22)11-15(19)23/h1-11H,12H2,(H,24,25). The number of benzene rings is 3. The Hall–Kier alpha value is -2.57. The number of carbonyl (C=O) groups is 1. The quantitative estimate of drug-likeness (QED) is 0.500. The lowest BCUT2D eigenvalue weighted by Gasteiger charge is -2.13. The Kier molecular flexibility index (Phi) is 6.32. The summed E-state index contributed by atoms with van der Waals surface area (Å²) in [7, 11) is 0. The molecule has 0 fully saturated rings. The van der Waals surface area contributed by atoms with Crippen LogP contribution in [0.2, 0.25) is 5.02 Å². The van der Waals surface area contributed by atoms with Crippen LogP contribution in [-0.2, 0) is 4.79 Å². The first-order chi connectivity index (χ1) is 13.0. The van der Waals surface area contributed by atoms with Gasteiger partial charge in [0.1, 0.15) is 17.4 Å². The van der Waals surface area contributed by atoms with Gasteiger partial charge in [0.15, 0.2) is 5.75 Å². The van der Waals surface area contributed by atoms with Gasteiger partial charge in [-0.25, -0.2) is 8.78 Å². The van der Waals surface area contributed by atoms with E-state index in [-0.39, 0.29) is 16.6 Å². The lowest BCUT2D eigenvalue weighted by Crippen LogP contribution is -2.14. The zero-order valence-electron chi connectivity index (χ0n) is 13.9. The molecule has 0 heterocycles. The van der Waals surface area contributed by atoms with Gasteiger partial charge in [0, 0.05) is 11.0 Å². The number of amides is 1. The SMILES string of the molecule is O=C(CSc1ccc(F)cc1F)Nc1ccccc1Oc1ccccc1Cl. The molecule has 3 aromatic rings. The number of anilines is 1. The van der Waals surface area contributed by atoms with E-state index in [9.17, 15) is 13.6 Å². The third kappa shape index (κ3) is 5.21. The monoisotopic (exact) mass is 405 g/mol. The summed E-state index contributed by atoms with van der Waals surface area (Å²) in [6, 6.07) is 17.1. The van der Waals surface area contributed by atoms with E-state index in [4.69, 9.17) is 16.3 Å². The van der Waals surface area contributed by atoms with Crippen molar-refractivity contribution in [3.63, 3.8) is 0 Å². The number of ether oxygens (including phenoxy) is 1. The van der Waals surface area contributed by atoms with Crippen LogP contribution in [0.15, 0.2) is 71.6 Å². The van der Waals surface area contributed by atoms with E-state index in [0.29, 0.717) is 22.2 Å². The summed E-state index contributed by atoms with van der Waals surface area (Å²) in [5, 5.41) is 3.17. The largest absolute Gasteiger partial charge is 0.454 e. The first-order valence-electron chi connectivity index (χ1n) is 7.92. The molecule has 0 saturated carbocycles. The molecule has 0 saturated heterocycles. The van der Waals surface area contributed by atoms with Gasteiger partial charge < -0.3 is 10.1 Å². The first kappa shape index (κ1) is 19.2. The van der Waals surface area contributed by atoms with Crippen molar-refractivity contribution in [2.24, 2.45) is 0 Å². The molecular weight excluding hydrogens is 392 g/mol. The zero-order chi connectivity index (χ0) is 19.2. The molecule has 7 heteroatoms. The van der Waals surface area contributed by atoms with Crippen LogP contribution in [0.25, 0.3) is 0 Å². The Morgan fingerprint density at radius 2 is 1.70 bits per heavy atom. The lowest BCUT2D eigenvalue weighted by molar-refractivity contribution is -0.113. The molecule has 0 aliphatic rings. The maximum absolute atomic E-state index is 13.6. The molecule has 27 heavy (non-hydrogen) atoms. The normalized spacial score (nSPS) is 10.5. The molecule has 138 valence electrons. The minimum Gasteiger partial charge on any atom is -0.454 e. The third-order valence-corrected chi connectivity index (χ3v) is 4.83. The van der Waals surface area contributed by atoms with Crippen molar-refractivity contribution in [2.45, 2.75) is 4.90 Å². The topological polar surface area (TPSA) is 38.3 Å². The van der Waals surface area contributed by atoms with E-state index in [1.807, 2.05) is 0 Å². The van der Waals surface area contributed by atoms with Gasteiger partial charge in [-0.2, -0.15) is 0 Å². The van der Waals surface area contributed by atoms with E-state index < -0.39 is 11.6 Å². The van der Waals surface area contributed by atoms with Crippen molar-refractivity contribution in [1.82, 2.24) is 0 Å². The number of rotatable bonds is 6. The Morgan fingerprint density at radius 1 is 1.00 bits per heavy atom. The van der Waals surface area contributed by atoms with Crippen molar-refractivity contribution < 1.29 is 18.3 Å². The van der Waals surface area contributed by atoms with Gasteiger partial charge in [-0.05, 0) is 36.4 Å². The molecule has 3 nitrogen and oxygen atoms in total. The summed E-state index contributed by atoms with van der Waals surface area (Å²) in [5.74, 6) is -0.857. The van der Waals surface area contributed by atoms with Crippen LogP contribution in [0.5, 0.6) is 11.5 Å². The van der Waals surface area contributed by atoms with Crippen LogP contribution >= 0.6 is 23.4 Å². The van der Waals surface area contributed by atoms with Gasteiger partial charge in [0.25, 0.3) is 0 Å². The fraction of sp³-hybridized carbons (Fsp3) is 0.0500. The summed E-state index contributed by atoms with van der Waals surface area (Å²) in [4.78, 5) is 12.4. The highest BCUT2D eigenvalue weighted by Crippen LogP contribution is 2.33. The molecule has 0 unspecified atom stereocenters. The highest BCUT2D eigenvalue weighted by atomic mass is 35.5. The first-order valence-corrected chi connectivity index (χ1v) is 9.28. The molecular formula is C20H14ClF2NO2S. The van der Waals surface area contributed by atoms with Crippen LogP contribution in [0, 0.1) is 11.6 Å². The van der Waals surface area contributed by atoms with Crippen molar-refractivity contribution in [3.05, 3.63) is 83.4 Å². The van der Waals surface area contributed by atoms with Gasteiger partial charge in [0.05, 0.1) is 16.5 Å². The molecule has 0 spiro atoms. The highest BCUT2D eigenvalue weighted by molar-refractivity contribution is 8.00. The number of para-hydroxylation sites is 3. The molecule has 1 amide bonds. The third-order valence-electron chi connectivity index (χ3n) is 3.47. The maximum Gasteiger partial charge on any atom is 0.234 e. The average molecular weight is 406 g/mol. The summed E-state index contributed by atoms with van der Waals surface area (Å²) in [6.45, 7) is 0. The number of thioether (sulfide) groups is 1. The lowest BCUT2D eigenvalue weighted by atomic mass is 10.3. The minimum absolute atomic E-state index is 0.0387. The van der Waals surface area contributed by atoms with E-state index in [1.54, 1.807) is 48.5 Å². The Morgan fingerprint density at radius 3 is 2.44 bits per heavy atom. The molecule has 0 atom stereocenters. The smallest absolute Gasteiger partial charge is 0.234 e. The van der Waals surface area contributed by atoms with Crippen molar-refractivity contribution >= 4 is 35.0 Å². The summed E-state index contributed by atoms with van der Waals surface area (Å²) in [6.07, 6.45) is 0. The van der Waals surface area contributed by atoms with Gasteiger partial charge in [-0.1, -0.05) is 35.9 Å². The number of hydrogen-bond donors (Lipinski definition) is 1. The van der Waals surface area contributed by atoms with E-state index in [1.165, 1.54) is 6.07 Å². The fourth-order valence-electron chi connectivity index (χ4n) is 2.23. The zero-order valence-corrected chi connectivity index (χ0v) is 15.5. The summed E-state index contributed by atoms with van der Waals surface area (Å²) >= 11 is 7.08. The molecule has 0 aromatic heterocycles. The van der Waals surface area contributed by atoms with Gasteiger partial charge >= 0.3 is 0 Å². The Bertz CT molecular complexity index is 968. The Balaban J connectivity index is 1.67. The molecule has 3 aromatic carbocycles. The second-order valence-corrected chi connectivity index (χ2v) is 6.86. The van der Waals surface area contributed by atoms with Gasteiger partial charge in [0.2, 0.25) is 5.91 Å². The van der Waals surface area contributed by atoms with E-state index in [0.717, 1.165) is 23.9 Å². The van der Waals surface area contributed by atoms with Crippen molar-refractivity contribution in [1.29, 1.82) is 0 Å². The number of nitrogens with one attached hydrogen (secondary N) is 1. The molecule has 0 radical (unpaired) electrons. The summed E-state index contributed by atoms with van der Waals surface area (Å²) in [5.41, 5.74) is 0.461. The van der Waals surface area contributed by atoms with Crippen molar-refractivity contribution in [3.8, 4) is 11.5 Å². The van der Waals surface area contributed by atoms with Crippen LogP contribution in [0.3, 0.4) is 0 Å². The van der Waals surface area contributed by atoms with Gasteiger partial charge in [-0.3, -0.25) is 4.79 Å². The van der Waals surface area contributed by atoms with Crippen LogP contribution in [0.1, 0.15) is 0 Å². The minimum atomic E-state index is -0.699. The van der Waals surface area contributed by atoms with Crippen LogP contribution < -0.4 is 10.1 Å². The highest BCUT2D eigenvalue weighted by Gasteiger charge is 2.12. The summed E-state index contributed by atoms with van der Waals surface area (Å²) < 4.78 is 32.4. The molecule has 0 aliphatic carbocycles. The maximum atomic E-state index is 13.6. The second-order valence-electron chi connectivity index (χ2n) is 5.44. The molecule has 1 N–H and O–H groups in total. The van der Waals surface area contributed by atoms with Gasteiger partial charge in [-0.15, -0.1) is 11.8 Å². The predicted octanol–water partition coefficient (Wildman–Crippen LogP) is 6.14. The Labute approximate surface area is 164 Å². The fourth-order valence-corrected chi connectivity index (χ4v) is 3.12. The second kappa shape index (κ2) is 8.88. The van der Waals surface area contributed by atoms with Crippen LogP contribution in [-0.4, -0.2) is 11.7 Å². The predicted molar refractivity (Wildman–Crippen MR) is 104 cm³/mol. The molecule has 3 rings (SSSR count). The van der Waals surface area contributed by atoms with Crippen LogP contribution in [0.4, 0.5) is 14.5 Å². The average Bonchev–Trinajstić information content (AvgIpc) is 2.64. The molecule has 0 aliphatic heterocycles. The number of carbonyl (C=O) groups excluding carboxylic acids is 1. The van der Waals surface area contributed by atoms with Crippen molar-refractivity contribution in [2.75, 3.05) is 11.1 Å². The van der Waals surface area contributed by atoms with E-state index >= 15 is 0 Å². The van der Waals surface area contributed by atoms with E-state index in [2.05, 4.69) is 5.32 Å². The number of hydrogen-bond acceptors (Lipinski definition) is 3. The molecule has 0 bridgehead atoms.